The molecule has 1 N–H and O–H groups in total. The van der Waals surface area contributed by atoms with Crippen LogP contribution in [-0.4, -0.2) is 31.9 Å². The van der Waals surface area contributed by atoms with Gasteiger partial charge in [-0.15, -0.1) is 5.10 Å². The highest BCUT2D eigenvalue weighted by Crippen LogP contribution is 2.36. The molecular weight excluding hydrogens is 362 g/mol. The van der Waals surface area contributed by atoms with Crippen molar-refractivity contribution >= 4 is 17.7 Å². The van der Waals surface area contributed by atoms with Crippen LogP contribution in [0.1, 0.15) is 24.4 Å². The molecule has 7 nitrogen and oxygen atoms in total. The lowest BCUT2D eigenvalue weighted by atomic mass is 10.2. The average molecular weight is 381 g/mol. The third kappa shape index (κ3) is 4.85. The van der Waals surface area contributed by atoms with Crippen LogP contribution in [0.15, 0.2) is 59.8 Å². The van der Waals surface area contributed by atoms with Crippen molar-refractivity contribution in [2.75, 3.05) is 5.75 Å². The third-order valence-electron chi connectivity index (χ3n) is 4.05. The van der Waals surface area contributed by atoms with Crippen LogP contribution in [0.3, 0.4) is 0 Å². The van der Waals surface area contributed by atoms with Crippen molar-refractivity contribution in [1.29, 1.82) is 0 Å². The van der Waals surface area contributed by atoms with Crippen LogP contribution in [-0.2, 0) is 11.3 Å². The van der Waals surface area contributed by atoms with E-state index in [4.69, 9.17) is 4.74 Å². The molecule has 27 heavy (non-hydrogen) atoms. The minimum Gasteiger partial charge on any atom is -0.457 e. The lowest BCUT2D eigenvalue weighted by molar-refractivity contribution is -0.118. The van der Waals surface area contributed by atoms with Gasteiger partial charge in [0, 0.05) is 6.54 Å². The molecule has 138 valence electrons. The highest BCUT2D eigenvalue weighted by atomic mass is 32.2. The molecular formula is C19H19N5O2S. The zero-order chi connectivity index (χ0) is 18.5. The number of hydrogen-bond donors (Lipinski definition) is 1. The Morgan fingerprint density at radius 2 is 1.96 bits per heavy atom. The highest BCUT2D eigenvalue weighted by molar-refractivity contribution is 7.99. The normalized spacial score (nSPS) is 13.3. The molecule has 0 radical (unpaired) electrons. The van der Waals surface area contributed by atoms with E-state index in [1.54, 1.807) is 0 Å². The Kier molecular flexibility index (Phi) is 5.34. The summed E-state index contributed by atoms with van der Waals surface area (Å²) >= 11 is 1.36. The second kappa shape index (κ2) is 8.22. The molecule has 0 saturated heterocycles. The predicted molar refractivity (Wildman–Crippen MR) is 102 cm³/mol. The molecule has 2 aromatic carbocycles. The fourth-order valence-corrected chi connectivity index (χ4v) is 3.33. The van der Waals surface area contributed by atoms with Crippen LogP contribution in [0.4, 0.5) is 0 Å². The number of amides is 1. The largest absolute Gasteiger partial charge is 0.457 e. The predicted octanol–water partition coefficient (Wildman–Crippen LogP) is 3.21. The smallest absolute Gasteiger partial charge is 0.230 e. The monoisotopic (exact) mass is 381 g/mol. The molecule has 1 amide bonds. The number of thioether (sulfide) groups is 1. The number of carbonyl (C=O) groups excluding carboxylic acids is 1. The number of para-hydroxylation sites is 1. The summed E-state index contributed by atoms with van der Waals surface area (Å²) in [5.41, 5.74) is 0.976. The topological polar surface area (TPSA) is 81.9 Å². The number of rotatable bonds is 8. The summed E-state index contributed by atoms with van der Waals surface area (Å²) in [7, 11) is 0. The number of hydrogen-bond acceptors (Lipinski definition) is 6. The van der Waals surface area contributed by atoms with Crippen molar-refractivity contribution in [2.45, 2.75) is 30.6 Å². The molecule has 0 bridgehead atoms. The van der Waals surface area contributed by atoms with Gasteiger partial charge in [0.1, 0.15) is 11.5 Å². The summed E-state index contributed by atoms with van der Waals surface area (Å²) < 4.78 is 7.63. The number of aromatic nitrogens is 4. The molecule has 1 aliphatic carbocycles. The lowest BCUT2D eigenvalue weighted by Crippen LogP contribution is -2.24. The second-order valence-electron chi connectivity index (χ2n) is 6.27. The zero-order valence-electron chi connectivity index (χ0n) is 14.6. The van der Waals surface area contributed by atoms with E-state index in [0.717, 1.165) is 29.9 Å². The van der Waals surface area contributed by atoms with Crippen LogP contribution in [0.2, 0.25) is 0 Å². The molecule has 0 aliphatic heterocycles. The maximum atomic E-state index is 12.1. The van der Waals surface area contributed by atoms with Gasteiger partial charge in [0.2, 0.25) is 11.1 Å². The van der Waals surface area contributed by atoms with Crippen molar-refractivity contribution < 1.29 is 9.53 Å². The fourth-order valence-electron chi connectivity index (χ4n) is 2.55. The standard InChI is InChI=1S/C19H19N5O2S/c25-18(13-27-19-21-22-23-24(19)15-9-10-15)20-12-14-5-4-8-17(11-14)26-16-6-2-1-3-7-16/h1-8,11,15H,9-10,12-13H2,(H,20,25). The number of benzene rings is 2. The minimum absolute atomic E-state index is 0.0558. The van der Waals surface area contributed by atoms with Crippen molar-refractivity contribution in [3.63, 3.8) is 0 Å². The SMILES string of the molecule is O=C(CSc1nnnn1C1CC1)NCc1cccc(Oc2ccccc2)c1. The van der Waals surface area contributed by atoms with Gasteiger partial charge in [0.15, 0.2) is 0 Å². The summed E-state index contributed by atoms with van der Waals surface area (Å²) in [5.74, 6) is 1.75. The first-order chi connectivity index (χ1) is 13.3. The number of tetrazole rings is 1. The maximum absolute atomic E-state index is 12.1. The molecule has 1 fully saturated rings. The summed E-state index contributed by atoms with van der Waals surface area (Å²) in [6.07, 6.45) is 2.21. The van der Waals surface area contributed by atoms with Crippen LogP contribution in [0, 0.1) is 0 Å². The van der Waals surface area contributed by atoms with Crippen molar-refractivity contribution in [1.82, 2.24) is 25.5 Å². The van der Waals surface area contributed by atoms with Gasteiger partial charge >= 0.3 is 0 Å². The van der Waals surface area contributed by atoms with Gasteiger partial charge in [-0.05, 0) is 53.1 Å². The Morgan fingerprint density at radius 1 is 1.15 bits per heavy atom. The number of carbonyl (C=O) groups is 1. The van der Waals surface area contributed by atoms with E-state index in [2.05, 4.69) is 20.8 Å². The second-order valence-corrected chi connectivity index (χ2v) is 7.21. The fraction of sp³-hybridized carbons (Fsp3) is 0.263. The maximum Gasteiger partial charge on any atom is 0.230 e. The first kappa shape index (κ1) is 17.5. The van der Waals surface area contributed by atoms with E-state index in [9.17, 15) is 4.79 Å². The molecule has 0 spiro atoms. The Morgan fingerprint density at radius 3 is 2.78 bits per heavy atom. The molecule has 3 aromatic rings. The first-order valence-electron chi connectivity index (χ1n) is 8.77. The van der Waals surface area contributed by atoms with Crippen molar-refractivity contribution in [3.8, 4) is 11.5 Å². The lowest BCUT2D eigenvalue weighted by Gasteiger charge is -2.09. The van der Waals surface area contributed by atoms with Gasteiger partial charge in [0.25, 0.3) is 0 Å². The summed E-state index contributed by atoms with van der Waals surface area (Å²) in [6.45, 7) is 0.443. The molecule has 1 aliphatic rings. The van der Waals surface area contributed by atoms with E-state index in [0.29, 0.717) is 17.7 Å². The van der Waals surface area contributed by atoms with Crippen molar-refractivity contribution in [3.05, 3.63) is 60.2 Å². The van der Waals surface area contributed by atoms with Crippen LogP contribution in [0.25, 0.3) is 0 Å². The van der Waals surface area contributed by atoms with Crippen LogP contribution >= 0.6 is 11.8 Å². The molecule has 8 heteroatoms. The molecule has 4 rings (SSSR count). The van der Waals surface area contributed by atoms with E-state index in [-0.39, 0.29) is 11.7 Å². The molecule has 1 aromatic heterocycles. The highest BCUT2D eigenvalue weighted by Gasteiger charge is 2.28. The summed E-state index contributed by atoms with van der Waals surface area (Å²) in [4.78, 5) is 12.1. The van der Waals surface area contributed by atoms with Crippen molar-refractivity contribution in [2.24, 2.45) is 0 Å². The molecule has 0 atom stereocenters. The zero-order valence-corrected chi connectivity index (χ0v) is 15.4. The Labute approximate surface area is 161 Å². The molecule has 1 heterocycles. The first-order valence-corrected chi connectivity index (χ1v) is 9.76. The van der Waals surface area contributed by atoms with Gasteiger partial charge in [-0.3, -0.25) is 4.79 Å². The van der Waals surface area contributed by atoms with Gasteiger partial charge in [-0.25, -0.2) is 4.68 Å². The molecule has 0 unspecified atom stereocenters. The average Bonchev–Trinajstić information content (AvgIpc) is 3.43. The Bertz CT molecular complexity index is 911. The van der Waals surface area contributed by atoms with E-state index in [1.807, 2.05) is 59.3 Å². The Hall–Kier alpha value is -2.87. The van der Waals surface area contributed by atoms with E-state index < -0.39 is 0 Å². The molecule has 1 saturated carbocycles. The minimum atomic E-state index is -0.0558. The van der Waals surface area contributed by atoms with Crippen LogP contribution in [0.5, 0.6) is 11.5 Å². The van der Waals surface area contributed by atoms with Gasteiger partial charge in [-0.1, -0.05) is 42.1 Å². The quantitative estimate of drug-likeness (QED) is 0.604. The van der Waals surface area contributed by atoms with E-state index >= 15 is 0 Å². The van der Waals surface area contributed by atoms with Gasteiger partial charge in [-0.2, -0.15) is 0 Å². The number of nitrogens with zero attached hydrogens (tertiary/aromatic N) is 4. The summed E-state index contributed by atoms with van der Waals surface area (Å²) in [5, 5.41) is 15.3. The Balaban J connectivity index is 1.27. The van der Waals surface area contributed by atoms with Crippen LogP contribution < -0.4 is 10.1 Å². The third-order valence-corrected chi connectivity index (χ3v) is 4.99. The number of nitrogens with one attached hydrogen (secondary N) is 1. The number of ether oxygens (including phenoxy) is 1. The van der Waals surface area contributed by atoms with E-state index in [1.165, 1.54) is 11.8 Å². The van der Waals surface area contributed by atoms with Gasteiger partial charge in [0.05, 0.1) is 11.8 Å². The van der Waals surface area contributed by atoms with Gasteiger partial charge < -0.3 is 10.1 Å². The summed E-state index contributed by atoms with van der Waals surface area (Å²) in [6, 6.07) is 17.7.